The Morgan fingerprint density at radius 2 is 1.52 bits per heavy atom. The van der Waals surface area contributed by atoms with Crippen molar-refractivity contribution in [3.63, 3.8) is 0 Å². The molecule has 1 atom stereocenters. The number of hydrogen-bond donors (Lipinski definition) is 1. The number of aryl methyl sites for hydroxylation is 1. The van der Waals surface area contributed by atoms with Gasteiger partial charge in [-0.15, -0.1) is 12.4 Å². The third-order valence-electron chi connectivity index (χ3n) is 4.88. The van der Waals surface area contributed by atoms with Crippen molar-refractivity contribution < 1.29 is 9.18 Å². The fraction of sp³-hybridized carbons (Fsp3) is 0.208. The van der Waals surface area contributed by atoms with Gasteiger partial charge in [-0.25, -0.2) is 4.39 Å². The number of hydrogen-bond acceptors (Lipinski definition) is 2. The van der Waals surface area contributed by atoms with E-state index in [2.05, 4.69) is 6.92 Å². The zero-order valence-corrected chi connectivity index (χ0v) is 17.2. The lowest BCUT2D eigenvalue weighted by atomic mass is 10.0. The summed E-state index contributed by atoms with van der Waals surface area (Å²) in [5, 5.41) is 0. The number of nitrogens with zero attached hydrogens (tertiary/aromatic N) is 1. The third kappa shape index (κ3) is 5.89. The summed E-state index contributed by atoms with van der Waals surface area (Å²) in [6, 6.07) is 23.0. The van der Waals surface area contributed by atoms with Crippen molar-refractivity contribution in [3.05, 3.63) is 101 Å². The SMILES string of the molecule is CCc1ccc(N(CCc2ccc(F)cc2)C(=O)C(N)c2ccccc2)cc1.Cl. The van der Waals surface area contributed by atoms with Crippen LogP contribution in [0.15, 0.2) is 78.9 Å². The van der Waals surface area contributed by atoms with Crippen LogP contribution in [-0.2, 0) is 17.6 Å². The first kappa shape index (κ1) is 22.6. The molecule has 3 aromatic carbocycles. The molecule has 0 aliphatic rings. The van der Waals surface area contributed by atoms with E-state index in [1.165, 1.54) is 17.7 Å². The van der Waals surface area contributed by atoms with E-state index in [1.54, 1.807) is 17.0 Å². The predicted octanol–water partition coefficient (Wildman–Crippen LogP) is 5.09. The van der Waals surface area contributed by atoms with Gasteiger partial charge in [-0.3, -0.25) is 4.79 Å². The molecule has 0 saturated carbocycles. The van der Waals surface area contributed by atoms with E-state index in [0.717, 1.165) is 23.2 Å². The van der Waals surface area contributed by atoms with Gasteiger partial charge in [-0.1, -0.05) is 61.5 Å². The number of rotatable bonds is 7. The van der Waals surface area contributed by atoms with Gasteiger partial charge in [0.25, 0.3) is 0 Å². The minimum atomic E-state index is -0.736. The highest BCUT2D eigenvalue weighted by atomic mass is 35.5. The molecule has 3 aromatic rings. The summed E-state index contributed by atoms with van der Waals surface area (Å²) in [5.74, 6) is -0.421. The number of halogens is 2. The molecule has 0 aliphatic heterocycles. The minimum Gasteiger partial charge on any atom is -0.316 e. The summed E-state index contributed by atoms with van der Waals surface area (Å²) in [4.78, 5) is 14.9. The number of benzene rings is 3. The van der Waals surface area contributed by atoms with Crippen molar-refractivity contribution in [1.29, 1.82) is 0 Å². The highest BCUT2D eigenvalue weighted by Crippen LogP contribution is 2.21. The van der Waals surface area contributed by atoms with Gasteiger partial charge in [0, 0.05) is 12.2 Å². The summed E-state index contributed by atoms with van der Waals surface area (Å²) in [5.41, 5.74) is 10.1. The van der Waals surface area contributed by atoms with Crippen LogP contribution in [-0.4, -0.2) is 12.5 Å². The fourth-order valence-electron chi connectivity index (χ4n) is 3.14. The average Bonchev–Trinajstić information content (AvgIpc) is 2.75. The van der Waals surface area contributed by atoms with E-state index < -0.39 is 6.04 Å². The highest BCUT2D eigenvalue weighted by Gasteiger charge is 2.23. The predicted molar refractivity (Wildman–Crippen MR) is 119 cm³/mol. The molecule has 2 N–H and O–H groups in total. The van der Waals surface area contributed by atoms with Crippen LogP contribution < -0.4 is 10.6 Å². The molecule has 1 amide bonds. The highest BCUT2D eigenvalue weighted by molar-refractivity contribution is 5.97. The Hall–Kier alpha value is -2.69. The summed E-state index contributed by atoms with van der Waals surface area (Å²) < 4.78 is 13.2. The second-order valence-corrected chi connectivity index (χ2v) is 6.77. The maximum atomic E-state index is 13.2. The van der Waals surface area contributed by atoms with Crippen molar-refractivity contribution in [2.75, 3.05) is 11.4 Å². The Bertz CT molecular complexity index is 898. The van der Waals surface area contributed by atoms with Crippen LogP contribution in [0.2, 0.25) is 0 Å². The van der Waals surface area contributed by atoms with Gasteiger partial charge in [-0.2, -0.15) is 0 Å². The lowest BCUT2D eigenvalue weighted by molar-refractivity contribution is -0.120. The van der Waals surface area contributed by atoms with Crippen LogP contribution in [0.1, 0.15) is 29.7 Å². The molecule has 0 aromatic heterocycles. The number of nitrogens with two attached hydrogens (primary N) is 1. The average molecular weight is 413 g/mol. The van der Waals surface area contributed by atoms with E-state index in [-0.39, 0.29) is 24.1 Å². The van der Waals surface area contributed by atoms with Gasteiger partial charge < -0.3 is 10.6 Å². The molecular weight excluding hydrogens is 387 g/mol. The number of carbonyl (C=O) groups excluding carboxylic acids is 1. The molecule has 3 nitrogen and oxygen atoms in total. The van der Waals surface area contributed by atoms with E-state index in [0.29, 0.717) is 13.0 Å². The first-order chi connectivity index (χ1) is 13.6. The normalized spacial score (nSPS) is 11.4. The standard InChI is InChI=1S/C24H25FN2O.ClH/c1-2-18-10-14-22(15-11-18)27(17-16-19-8-12-21(25)13-9-19)24(28)23(26)20-6-4-3-5-7-20;/h3-15,23H,2,16-17,26H2,1H3;1H. The molecule has 152 valence electrons. The quantitative estimate of drug-likeness (QED) is 0.587. The van der Waals surface area contributed by atoms with Crippen LogP contribution in [0.25, 0.3) is 0 Å². The first-order valence-electron chi connectivity index (χ1n) is 9.53. The lowest BCUT2D eigenvalue weighted by Gasteiger charge is -2.26. The first-order valence-corrected chi connectivity index (χ1v) is 9.53. The molecule has 1 unspecified atom stereocenters. The second kappa shape index (κ2) is 10.7. The molecule has 0 aliphatic carbocycles. The van der Waals surface area contributed by atoms with Crippen LogP contribution in [0, 0.1) is 5.82 Å². The van der Waals surface area contributed by atoms with Crippen molar-refractivity contribution in [1.82, 2.24) is 0 Å². The van der Waals surface area contributed by atoms with Crippen molar-refractivity contribution >= 4 is 24.0 Å². The lowest BCUT2D eigenvalue weighted by Crippen LogP contribution is -2.40. The van der Waals surface area contributed by atoms with Gasteiger partial charge in [0.05, 0.1) is 0 Å². The van der Waals surface area contributed by atoms with E-state index >= 15 is 0 Å². The fourth-order valence-corrected chi connectivity index (χ4v) is 3.14. The third-order valence-corrected chi connectivity index (χ3v) is 4.88. The molecule has 29 heavy (non-hydrogen) atoms. The zero-order valence-electron chi connectivity index (χ0n) is 16.4. The number of amides is 1. The maximum absolute atomic E-state index is 13.2. The second-order valence-electron chi connectivity index (χ2n) is 6.77. The number of carbonyl (C=O) groups is 1. The zero-order chi connectivity index (χ0) is 19.9. The Kier molecular flexibility index (Phi) is 8.37. The maximum Gasteiger partial charge on any atom is 0.248 e. The van der Waals surface area contributed by atoms with Crippen molar-refractivity contribution in [3.8, 4) is 0 Å². The molecule has 0 saturated heterocycles. The Morgan fingerprint density at radius 3 is 2.10 bits per heavy atom. The number of anilines is 1. The van der Waals surface area contributed by atoms with Crippen molar-refractivity contribution in [2.24, 2.45) is 5.73 Å². The summed E-state index contributed by atoms with van der Waals surface area (Å²) >= 11 is 0. The van der Waals surface area contributed by atoms with Gasteiger partial charge in [0.15, 0.2) is 0 Å². The monoisotopic (exact) mass is 412 g/mol. The largest absolute Gasteiger partial charge is 0.316 e. The van der Waals surface area contributed by atoms with Crippen LogP contribution in [0.5, 0.6) is 0 Å². The topological polar surface area (TPSA) is 46.3 Å². The van der Waals surface area contributed by atoms with Gasteiger partial charge in [-0.05, 0) is 53.8 Å². The molecule has 0 heterocycles. The van der Waals surface area contributed by atoms with Crippen molar-refractivity contribution in [2.45, 2.75) is 25.8 Å². The van der Waals surface area contributed by atoms with E-state index in [9.17, 15) is 9.18 Å². The van der Waals surface area contributed by atoms with E-state index in [4.69, 9.17) is 5.73 Å². The van der Waals surface area contributed by atoms with Gasteiger partial charge >= 0.3 is 0 Å². The molecular formula is C24H26ClFN2O. The summed E-state index contributed by atoms with van der Waals surface area (Å²) in [6.45, 7) is 2.56. The smallest absolute Gasteiger partial charge is 0.248 e. The molecule has 0 fully saturated rings. The summed E-state index contributed by atoms with van der Waals surface area (Å²) in [7, 11) is 0. The van der Waals surface area contributed by atoms with E-state index in [1.807, 2.05) is 54.6 Å². The Labute approximate surface area is 177 Å². The molecule has 0 bridgehead atoms. The van der Waals surface area contributed by atoms with Crippen LogP contribution in [0.4, 0.5) is 10.1 Å². The van der Waals surface area contributed by atoms with Crippen LogP contribution >= 0.6 is 12.4 Å². The minimum absolute atomic E-state index is 0. The van der Waals surface area contributed by atoms with Crippen LogP contribution in [0.3, 0.4) is 0 Å². The molecule has 0 radical (unpaired) electrons. The Morgan fingerprint density at radius 1 is 0.931 bits per heavy atom. The molecule has 5 heteroatoms. The van der Waals surface area contributed by atoms with Gasteiger partial charge in [0.1, 0.15) is 11.9 Å². The molecule has 0 spiro atoms. The van der Waals surface area contributed by atoms with Gasteiger partial charge in [0.2, 0.25) is 5.91 Å². The Balaban J connectivity index is 0.00000300. The molecule has 3 rings (SSSR count). The summed E-state index contributed by atoms with van der Waals surface area (Å²) in [6.07, 6.45) is 1.55.